The van der Waals surface area contributed by atoms with Gasteiger partial charge in [-0.25, -0.2) is 9.97 Å². The van der Waals surface area contributed by atoms with E-state index >= 15 is 0 Å². The van der Waals surface area contributed by atoms with Crippen LogP contribution < -0.4 is 10.6 Å². The molecule has 0 radical (unpaired) electrons. The Morgan fingerprint density at radius 3 is 2.87 bits per heavy atom. The molecule has 0 aliphatic heterocycles. The first-order valence-corrected chi connectivity index (χ1v) is 9.83. The van der Waals surface area contributed by atoms with Crippen LogP contribution in [0.2, 0.25) is 0 Å². The molecule has 3 heterocycles. The Morgan fingerprint density at radius 2 is 2.03 bits per heavy atom. The fraction of sp³-hybridized carbons (Fsp3) is 0.238. The van der Waals surface area contributed by atoms with Gasteiger partial charge >= 0.3 is 0 Å². The maximum atomic E-state index is 9.13. The van der Waals surface area contributed by atoms with Gasteiger partial charge in [0.2, 0.25) is 11.9 Å². The van der Waals surface area contributed by atoms with Gasteiger partial charge in [0.25, 0.3) is 0 Å². The van der Waals surface area contributed by atoms with E-state index in [2.05, 4.69) is 62.0 Å². The number of aliphatic hydroxyl groups excluding tert-OH is 1. The number of aromatic nitrogens is 6. The minimum atomic E-state index is 0.0335. The Hall–Kier alpha value is -3.72. The average molecular weight is 404 g/mol. The molecule has 3 aromatic heterocycles. The summed E-state index contributed by atoms with van der Waals surface area (Å²) in [5, 5.41) is 19.9. The molecule has 0 unspecified atom stereocenters. The highest BCUT2D eigenvalue weighted by Gasteiger charge is 2.06. The zero-order chi connectivity index (χ0) is 20.8. The number of benzene rings is 1. The second-order valence-corrected chi connectivity index (χ2v) is 6.70. The molecule has 0 aliphatic rings. The van der Waals surface area contributed by atoms with Gasteiger partial charge < -0.3 is 15.0 Å². The molecule has 30 heavy (non-hydrogen) atoms. The second kappa shape index (κ2) is 9.19. The molecule has 0 saturated heterocycles. The van der Waals surface area contributed by atoms with E-state index in [9.17, 15) is 0 Å². The quantitative estimate of drug-likeness (QED) is 0.394. The summed E-state index contributed by atoms with van der Waals surface area (Å²) in [6.45, 7) is 4.04. The van der Waals surface area contributed by atoms with Gasteiger partial charge in [-0.2, -0.15) is 10.1 Å². The summed E-state index contributed by atoms with van der Waals surface area (Å²) in [5.41, 5.74) is 3.38. The molecule has 9 nitrogen and oxygen atoms in total. The standard InChI is InChI=1S/C21H24N8O/c1-2-29-15-18(14-25-29)17-5-3-4-16(12-17)13-24-19-6-7-22-20(26-19)27-21-23-8-9-28(21)10-11-30/h3-9,12,14-15,30H,2,10-11,13H2,1H3,(H2,22,23,24,26,27). The molecular formula is C21H24N8O. The lowest BCUT2D eigenvalue weighted by molar-refractivity contribution is 0.277. The van der Waals surface area contributed by atoms with Gasteiger partial charge in [-0.05, 0) is 30.2 Å². The minimum Gasteiger partial charge on any atom is -0.395 e. The van der Waals surface area contributed by atoms with Crippen LogP contribution in [-0.2, 0) is 19.6 Å². The van der Waals surface area contributed by atoms with Gasteiger partial charge in [0.05, 0.1) is 12.8 Å². The molecule has 154 valence electrons. The van der Waals surface area contributed by atoms with Crippen molar-refractivity contribution in [3.05, 3.63) is 66.9 Å². The summed E-state index contributed by atoms with van der Waals surface area (Å²) in [7, 11) is 0. The fourth-order valence-corrected chi connectivity index (χ4v) is 3.08. The largest absolute Gasteiger partial charge is 0.395 e. The number of aliphatic hydroxyl groups is 1. The van der Waals surface area contributed by atoms with E-state index in [1.807, 2.05) is 23.0 Å². The minimum absolute atomic E-state index is 0.0335. The Bertz CT molecular complexity index is 1100. The topological polar surface area (TPSA) is 106 Å². The van der Waals surface area contributed by atoms with Crippen LogP contribution in [0.25, 0.3) is 11.1 Å². The van der Waals surface area contributed by atoms with E-state index < -0.39 is 0 Å². The third kappa shape index (κ3) is 4.64. The van der Waals surface area contributed by atoms with Crippen LogP contribution in [0.5, 0.6) is 0 Å². The van der Waals surface area contributed by atoms with Gasteiger partial charge in [-0.3, -0.25) is 10.00 Å². The van der Waals surface area contributed by atoms with Crippen molar-refractivity contribution in [3.8, 4) is 11.1 Å². The highest BCUT2D eigenvalue weighted by atomic mass is 16.3. The van der Waals surface area contributed by atoms with Crippen LogP contribution >= 0.6 is 0 Å². The lowest BCUT2D eigenvalue weighted by Crippen LogP contribution is -2.09. The second-order valence-electron chi connectivity index (χ2n) is 6.70. The predicted molar refractivity (Wildman–Crippen MR) is 115 cm³/mol. The monoisotopic (exact) mass is 404 g/mol. The molecule has 3 N–H and O–H groups in total. The first-order chi connectivity index (χ1) is 14.7. The van der Waals surface area contributed by atoms with Crippen molar-refractivity contribution in [2.24, 2.45) is 0 Å². The van der Waals surface area contributed by atoms with Gasteiger partial charge in [-0.1, -0.05) is 18.2 Å². The molecule has 0 fully saturated rings. The van der Waals surface area contributed by atoms with E-state index in [1.54, 1.807) is 23.2 Å². The van der Waals surface area contributed by atoms with Crippen molar-refractivity contribution < 1.29 is 5.11 Å². The van der Waals surface area contributed by atoms with Crippen molar-refractivity contribution in [1.29, 1.82) is 0 Å². The van der Waals surface area contributed by atoms with Crippen molar-refractivity contribution in [2.75, 3.05) is 17.2 Å². The Labute approximate surface area is 174 Å². The molecular weight excluding hydrogens is 380 g/mol. The Kier molecular flexibility index (Phi) is 6.00. The molecule has 4 rings (SSSR count). The molecule has 0 amide bonds. The van der Waals surface area contributed by atoms with Crippen molar-refractivity contribution in [2.45, 2.75) is 26.6 Å². The van der Waals surface area contributed by atoms with Crippen LogP contribution in [-0.4, -0.2) is 41.0 Å². The lowest BCUT2D eigenvalue weighted by Gasteiger charge is -2.10. The van der Waals surface area contributed by atoms with Gasteiger partial charge in [0.15, 0.2) is 0 Å². The van der Waals surface area contributed by atoms with E-state index in [4.69, 9.17) is 5.11 Å². The summed E-state index contributed by atoms with van der Waals surface area (Å²) in [6, 6.07) is 10.2. The first-order valence-electron chi connectivity index (χ1n) is 9.83. The number of hydrogen-bond acceptors (Lipinski definition) is 7. The molecule has 4 aromatic rings. The van der Waals surface area contributed by atoms with Gasteiger partial charge in [0, 0.05) is 50.0 Å². The summed E-state index contributed by atoms with van der Waals surface area (Å²) in [4.78, 5) is 13.0. The van der Waals surface area contributed by atoms with Crippen LogP contribution in [0, 0.1) is 0 Å². The molecule has 0 saturated carbocycles. The molecule has 1 aromatic carbocycles. The maximum absolute atomic E-state index is 9.13. The summed E-state index contributed by atoms with van der Waals surface area (Å²) >= 11 is 0. The zero-order valence-corrected chi connectivity index (χ0v) is 16.7. The summed E-state index contributed by atoms with van der Waals surface area (Å²) in [5.74, 6) is 1.73. The number of rotatable bonds is 9. The van der Waals surface area contributed by atoms with Crippen LogP contribution in [0.1, 0.15) is 12.5 Å². The van der Waals surface area contributed by atoms with Crippen LogP contribution in [0.4, 0.5) is 17.7 Å². The molecule has 0 atom stereocenters. The van der Waals surface area contributed by atoms with Gasteiger partial charge in [0.1, 0.15) is 5.82 Å². The van der Waals surface area contributed by atoms with Crippen LogP contribution in [0.3, 0.4) is 0 Å². The number of aryl methyl sites for hydroxylation is 1. The van der Waals surface area contributed by atoms with E-state index in [0.29, 0.717) is 30.8 Å². The zero-order valence-electron chi connectivity index (χ0n) is 16.7. The van der Waals surface area contributed by atoms with E-state index in [-0.39, 0.29) is 6.61 Å². The third-order valence-corrected chi connectivity index (χ3v) is 4.63. The highest BCUT2D eigenvalue weighted by molar-refractivity contribution is 5.62. The Balaban J connectivity index is 1.42. The summed E-state index contributed by atoms with van der Waals surface area (Å²) < 4.78 is 3.72. The molecule has 0 spiro atoms. The van der Waals surface area contributed by atoms with E-state index in [1.165, 1.54) is 0 Å². The molecule has 9 heteroatoms. The van der Waals surface area contributed by atoms with Crippen molar-refractivity contribution in [1.82, 2.24) is 29.3 Å². The van der Waals surface area contributed by atoms with E-state index in [0.717, 1.165) is 23.2 Å². The van der Waals surface area contributed by atoms with Crippen LogP contribution in [0.15, 0.2) is 61.3 Å². The molecule has 0 bridgehead atoms. The number of nitrogens with one attached hydrogen (secondary N) is 2. The highest BCUT2D eigenvalue weighted by Crippen LogP contribution is 2.20. The smallest absolute Gasteiger partial charge is 0.231 e. The normalized spacial score (nSPS) is 10.9. The average Bonchev–Trinajstić information content (AvgIpc) is 3.43. The van der Waals surface area contributed by atoms with Gasteiger partial charge in [-0.15, -0.1) is 0 Å². The van der Waals surface area contributed by atoms with Crippen molar-refractivity contribution in [3.63, 3.8) is 0 Å². The number of anilines is 3. The predicted octanol–water partition coefficient (Wildman–Crippen LogP) is 2.90. The number of nitrogens with zero attached hydrogens (tertiary/aromatic N) is 6. The number of imidazole rings is 1. The summed E-state index contributed by atoms with van der Waals surface area (Å²) in [6.07, 6.45) is 9.08. The lowest BCUT2D eigenvalue weighted by atomic mass is 10.1. The Morgan fingerprint density at radius 1 is 1.10 bits per heavy atom. The fourth-order valence-electron chi connectivity index (χ4n) is 3.08. The SMILES string of the molecule is CCn1cc(-c2cccc(CNc3ccnc(Nc4nccn4CCO)n3)c2)cn1. The number of hydrogen-bond donors (Lipinski definition) is 3. The first kappa shape index (κ1) is 19.6. The third-order valence-electron chi connectivity index (χ3n) is 4.63. The van der Waals surface area contributed by atoms with Crippen molar-refractivity contribution >= 4 is 17.7 Å². The maximum Gasteiger partial charge on any atom is 0.231 e. The molecule has 0 aliphatic carbocycles.